The molecule has 1 heterocycles. The minimum atomic E-state index is -3.89. The van der Waals surface area contributed by atoms with Crippen molar-refractivity contribution < 1.29 is 17.6 Å². The van der Waals surface area contributed by atoms with Crippen LogP contribution in [0.1, 0.15) is 10.4 Å². The number of aromatic nitrogens is 2. The lowest BCUT2D eigenvalue weighted by Gasteiger charge is -2.10. The Morgan fingerprint density at radius 2 is 1.44 bits per heavy atom. The maximum atomic E-state index is 13.0. The van der Waals surface area contributed by atoms with Crippen LogP contribution >= 0.6 is 0 Å². The van der Waals surface area contributed by atoms with Gasteiger partial charge in [-0.1, -0.05) is 0 Å². The van der Waals surface area contributed by atoms with E-state index in [1.165, 1.54) is 45.5 Å². The highest BCUT2D eigenvalue weighted by Gasteiger charge is 2.15. The second kappa shape index (κ2) is 7.97. The van der Waals surface area contributed by atoms with Crippen molar-refractivity contribution in [3.05, 3.63) is 88.6 Å². The molecule has 0 aliphatic carbocycles. The van der Waals surface area contributed by atoms with Crippen LogP contribution in [-0.4, -0.2) is 23.5 Å². The third-order valence-electron chi connectivity index (χ3n) is 5.05. The van der Waals surface area contributed by atoms with Crippen LogP contribution in [0.25, 0.3) is 11.0 Å². The van der Waals surface area contributed by atoms with Crippen LogP contribution in [0, 0.1) is 5.82 Å². The molecule has 0 atom stereocenters. The van der Waals surface area contributed by atoms with E-state index in [1.807, 2.05) is 0 Å². The van der Waals surface area contributed by atoms with Gasteiger partial charge in [-0.25, -0.2) is 17.6 Å². The zero-order valence-electron chi connectivity index (χ0n) is 17.2. The van der Waals surface area contributed by atoms with Crippen LogP contribution in [0.3, 0.4) is 0 Å². The van der Waals surface area contributed by atoms with E-state index in [-0.39, 0.29) is 16.3 Å². The van der Waals surface area contributed by atoms with Crippen LogP contribution < -0.4 is 15.7 Å². The average molecular weight is 454 g/mol. The molecule has 10 heteroatoms. The summed E-state index contributed by atoms with van der Waals surface area (Å²) < 4.78 is 43.2. The zero-order chi connectivity index (χ0) is 23.0. The van der Waals surface area contributed by atoms with Crippen molar-refractivity contribution in [3.63, 3.8) is 0 Å². The Morgan fingerprint density at radius 3 is 2.09 bits per heavy atom. The van der Waals surface area contributed by atoms with Gasteiger partial charge >= 0.3 is 5.69 Å². The normalized spacial score (nSPS) is 11.5. The fourth-order valence-electron chi connectivity index (χ4n) is 3.31. The summed E-state index contributed by atoms with van der Waals surface area (Å²) in [6.07, 6.45) is 0. The van der Waals surface area contributed by atoms with E-state index in [2.05, 4.69) is 10.0 Å². The molecule has 1 aromatic heterocycles. The van der Waals surface area contributed by atoms with E-state index < -0.39 is 21.7 Å². The molecule has 0 fully saturated rings. The molecule has 0 saturated carbocycles. The molecule has 0 unspecified atom stereocenters. The van der Waals surface area contributed by atoms with Crippen LogP contribution in [0.15, 0.2) is 76.4 Å². The Morgan fingerprint density at radius 1 is 0.844 bits per heavy atom. The van der Waals surface area contributed by atoms with Crippen molar-refractivity contribution >= 4 is 38.3 Å². The minimum Gasteiger partial charge on any atom is -0.322 e. The average Bonchev–Trinajstić information content (AvgIpc) is 2.98. The number of carbonyl (C=O) groups is 1. The molecule has 0 saturated heterocycles. The molecule has 0 aliphatic heterocycles. The maximum Gasteiger partial charge on any atom is 0.328 e. The molecule has 2 N–H and O–H groups in total. The second-order valence-electron chi connectivity index (χ2n) is 7.19. The van der Waals surface area contributed by atoms with Gasteiger partial charge in [-0.15, -0.1) is 0 Å². The van der Waals surface area contributed by atoms with Crippen molar-refractivity contribution in [2.75, 3.05) is 10.0 Å². The van der Waals surface area contributed by atoms with Crippen molar-refractivity contribution in [2.45, 2.75) is 4.90 Å². The molecule has 4 aromatic rings. The minimum absolute atomic E-state index is 0.0774. The van der Waals surface area contributed by atoms with Crippen LogP contribution in [-0.2, 0) is 24.1 Å². The summed E-state index contributed by atoms with van der Waals surface area (Å²) in [5.74, 6) is -0.925. The third kappa shape index (κ3) is 4.00. The molecule has 0 aliphatic rings. The summed E-state index contributed by atoms with van der Waals surface area (Å²) >= 11 is 0. The number of nitrogens with zero attached hydrogens (tertiary/aromatic N) is 2. The summed E-state index contributed by atoms with van der Waals surface area (Å²) in [7, 11) is -0.555. The van der Waals surface area contributed by atoms with Gasteiger partial charge in [0.2, 0.25) is 0 Å². The van der Waals surface area contributed by atoms with Crippen molar-refractivity contribution in [1.29, 1.82) is 0 Å². The number of hydrogen-bond acceptors (Lipinski definition) is 4. The van der Waals surface area contributed by atoms with Crippen LogP contribution in [0.2, 0.25) is 0 Å². The summed E-state index contributed by atoms with van der Waals surface area (Å²) in [6, 6.07) is 15.5. The van der Waals surface area contributed by atoms with Gasteiger partial charge in [-0.2, -0.15) is 0 Å². The lowest BCUT2D eigenvalue weighted by Crippen LogP contribution is -2.19. The molecule has 1 amide bonds. The van der Waals surface area contributed by atoms with E-state index in [1.54, 1.807) is 32.3 Å². The lowest BCUT2D eigenvalue weighted by molar-refractivity contribution is 0.102. The van der Waals surface area contributed by atoms with Crippen molar-refractivity contribution in [3.8, 4) is 0 Å². The van der Waals surface area contributed by atoms with Gasteiger partial charge in [-0.05, 0) is 66.7 Å². The molecule has 0 radical (unpaired) electrons. The summed E-state index contributed by atoms with van der Waals surface area (Å²) in [5, 5.41) is 2.77. The number of amides is 1. The van der Waals surface area contributed by atoms with Gasteiger partial charge in [0.15, 0.2) is 0 Å². The Balaban J connectivity index is 1.50. The Labute approximate surface area is 183 Å². The number of benzene rings is 3. The highest BCUT2D eigenvalue weighted by molar-refractivity contribution is 7.92. The number of imidazole rings is 1. The fourth-order valence-corrected chi connectivity index (χ4v) is 4.36. The maximum absolute atomic E-state index is 13.0. The first-order chi connectivity index (χ1) is 15.2. The summed E-state index contributed by atoms with van der Waals surface area (Å²) in [6.45, 7) is 0. The monoisotopic (exact) mass is 454 g/mol. The number of rotatable bonds is 5. The summed E-state index contributed by atoms with van der Waals surface area (Å²) in [5.41, 5.74) is 2.35. The number of hydrogen-bond donors (Lipinski definition) is 2. The Bertz CT molecular complexity index is 1490. The number of aryl methyl sites for hydroxylation is 2. The predicted octanol–water partition coefficient (Wildman–Crippen LogP) is 3.07. The van der Waals surface area contributed by atoms with E-state index in [0.29, 0.717) is 16.8 Å². The molecule has 32 heavy (non-hydrogen) atoms. The van der Waals surface area contributed by atoms with Gasteiger partial charge in [0.25, 0.3) is 15.9 Å². The highest BCUT2D eigenvalue weighted by atomic mass is 32.2. The van der Waals surface area contributed by atoms with E-state index in [4.69, 9.17) is 0 Å². The fraction of sp³-hybridized carbons (Fsp3) is 0.0909. The van der Waals surface area contributed by atoms with Crippen molar-refractivity contribution in [2.24, 2.45) is 14.1 Å². The number of carbonyl (C=O) groups excluding carboxylic acids is 1. The highest BCUT2D eigenvalue weighted by Crippen LogP contribution is 2.20. The van der Waals surface area contributed by atoms with Crippen LogP contribution in [0.5, 0.6) is 0 Å². The number of sulfonamides is 1. The zero-order valence-corrected chi connectivity index (χ0v) is 18.0. The number of halogens is 1. The molecule has 8 nitrogen and oxygen atoms in total. The molecule has 3 aromatic carbocycles. The molecule has 4 rings (SSSR count). The first-order valence-electron chi connectivity index (χ1n) is 9.51. The third-order valence-corrected chi connectivity index (χ3v) is 6.45. The predicted molar refractivity (Wildman–Crippen MR) is 120 cm³/mol. The summed E-state index contributed by atoms with van der Waals surface area (Å²) in [4.78, 5) is 24.6. The number of nitrogens with one attached hydrogen (secondary N) is 2. The van der Waals surface area contributed by atoms with Crippen molar-refractivity contribution in [1.82, 2.24) is 9.13 Å². The van der Waals surface area contributed by atoms with E-state index in [9.17, 15) is 22.4 Å². The first-order valence-corrected chi connectivity index (χ1v) is 11.0. The number of anilines is 2. The van der Waals surface area contributed by atoms with Gasteiger partial charge in [-0.3, -0.25) is 18.7 Å². The van der Waals surface area contributed by atoms with E-state index in [0.717, 1.165) is 17.6 Å². The molecule has 164 valence electrons. The molecular weight excluding hydrogens is 435 g/mol. The first kappa shape index (κ1) is 21.3. The molecule has 0 spiro atoms. The van der Waals surface area contributed by atoms with Gasteiger partial charge < -0.3 is 5.32 Å². The number of fused-ring (bicyclic) bond motifs is 1. The van der Waals surface area contributed by atoms with Crippen LogP contribution in [0.4, 0.5) is 15.8 Å². The SMILES string of the molecule is Cn1c(=O)n(C)c2cc(NC(=O)c3ccc(NS(=O)(=O)c4ccc(F)cc4)cc3)ccc21. The largest absolute Gasteiger partial charge is 0.328 e. The molecular formula is C22H19FN4O4S. The van der Waals surface area contributed by atoms with Gasteiger partial charge in [0, 0.05) is 31.0 Å². The quantitative estimate of drug-likeness (QED) is 0.484. The Hall–Kier alpha value is -3.92. The smallest absolute Gasteiger partial charge is 0.322 e. The van der Waals surface area contributed by atoms with E-state index >= 15 is 0 Å². The molecule has 0 bridgehead atoms. The topological polar surface area (TPSA) is 102 Å². The standard InChI is InChI=1S/C22H19FN4O4S/c1-26-19-12-9-17(13-20(19)27(2)22(26)29)24-21(28)14-3-7-16(8-4-14)25-32(30,31)18-10-5-15(23)6-11-18/h3-13,25H,1-2H3,(H,24,28). The lowest BCUT2D eigenvalue weighted by atomic mass is 10.2. The Kier molecular flexibility index (Phi) is 5.31. The van der Waals surface area contributed by atoms with Gasteiger partial charge in [0.1, 0.15) is 5.82 Å². The second-order valence-corrected chi connectivity index (χ2v) is 8.88. The van der Waals surface area contributed by atoms with Gasteiger partial charge in [0.05, 0.1) is 15.9 Å².